The molecule has 0 saturated carbocycles. The van der Waals surface area contributed by atoms with Gasteiger partial charge >= 0.3 is 0 Å². The topological polar surface area (TPSA) is 13.1 Å². The summed E-state index contributed by atoms with van der Waals surface area (Å²) in [7, 11) is 0. The quantitative estimate of drug-likeness (QED) is 0.156. The zero-order valence-electron chi connectivity index (χ0n) is 30.6. The van der Waals surface area contributed by atoms with Crippen LogP contribution in [0.2, 0.25) is 0 Å². The van der Waals surface area contributed by atoms with Gasteiger partial charge in [-0.1, -0.05) is 121 Å². The molecule has 7 aromatic carbocycles. The van der Waals surface area contributed by atoms with Crippen molar-refractivity contribution < 1.29 is 4.42 Å². The Morgan fingerprint density at radius 2 is 1.13 bits per heavy atom. The molecule has 0 radical (unpaired) electrons. The molecule has 0 aliphatic heterocycles. The highest BCUT2D eigenvalue weighted by molar-refractivity contribution is 7.25. The summed E-state index contributed by atoms with van der Waals surface area (Å²) in [5.74, 6) is 0. The molecule has 0 aliphatic carbocycles. The third-order valence-corrected chi connectivity index (χ3v) is 11.8. The van der Waals surface area contributed by atoms with Crippen LogP contribution in [0.3, 0.4) is 0 Å². The van der Waals surface area contributed by atoms with Gasteiger partial charge in [-0.3, -0.25) is 0 Å². The minimum absolute atomic E-state index is 0.898. The summed E-state index contributed by atoms with van der Waals surface area (Å²) >= 11 is 1.86. The van der Waals surface area contributed by atoms with E-state index in [-0.39, 0.29) is 0 Å². The molecule has 0 bridgehead atoms. The summed E-state index contributed by atoms with van der Waals surface area (Å²) in [5, 5.41) is 9.68. The maximum absolute atomic E-state index is 6.53. The average molecular weight is 713 g/mol. The third-order valence-electron chi connectivity index (χ3n) is 10.7. The van der Waals surface area contributed by atoms with Gasteiger partial charge in [-0.15, -0.1) is 17.9 Å². The van der Waals surface area contributed by atoms with E-state index in [4.69, 9.17) is 4.42 Å². The van der Waals surface area contributed by atoms with Crippen LogP contribution in [0.25, 0.3) is 98.4 Å². The zero-order chi connectivity index (χ0) is 36.6. The Morgan fingerprint density at radius 3 is 1.91 bits per heavy atom. The van der Waals surface area contributed by atoms with E-state index in [2.05, 4.69) is 184 Å². The Labute approximate surface area is 319 Å². The van der Waals surface area contributed by atoms with E-state index in [0.29, 0.717) is 0 Å². The molecule has 2 heteroatoms. The van der Waals surface area contributed by atoms with Crippen molar-refractivity contribution in [3.8, 4) is 33.4 Å². The van der Waals surface area contributed by atoms with Gasteiger partial charge in [0.2, 0.25) is 0 Å². The minimum atomic E-state index is 0.898. The minimum Gasteiger partial charge on any atom is -0.456 e. The van der Waals surface area contributed by atoms with Crippen molar-refractivity contribution in [1.29, 1.82) is 0 Å². The van der Waals surface area contributed by atoms with Crippen LogP contribution in [-0.2, 0) is 6.42 Å². The van der Waals surface area contributed by atoms with Crippen LogP contribution < -0.4 is 10.4 Å². The number of fused-ring (bicyclic) bond motifs is 7. The molecular weight excluding hydrogens is 673 g/mol. The number of hydrogen-bond acceptors (Lipinski definition) is 2. The molecule has 0 aliphatic rings. The first-order chi connectivity index (χ1) is 26.6. The van der Waals surface area contributed by atoms with Gasteiger partial charge in [0.25, 0.3) is 0 Å². The fraction of sp³-hybridized carbons (Fsp3) is 0.0769. The van der Waals surface area contributed by atoms with Crippen molar-refractivity contribution in [1.82, 2.24) is 0 Å². The first-order valence-electron chi connectivity index (χ1n) is 18.7. The van der Waals surface area contributed by atoms with Crippen molar-refractivity contribution in [2.45, 2.75) is 26.7 Å². The van der Waals surface area contributed by atoms with Gasteiger partial charge in [-0.05, 0) is 135 Å². The van der Waals surface area contributed by atoms with E-state index in [1.54, 1.807) is 0 Å². The molecule has 0 saturated heterocycles. The summed E-state index contributed by atoms with van der Waals surface area (Å²) in [6.07, 6.45) is 8.44. The number of furan rings is 1. The fourth-order valence-electron chi connectivity index (χ4n) is 8.07. The van der Waals surface area contributed by atoms with Gasteiger partial charge in [-0.25, -0.2) is 0 Å². The molecule has 0 atom stereocenters. The highest BCUT2D eigenvalue weighted by Crippen LogP contribution is 2.39. The Hall–Kier alpha value is -6.22. The second kappa shape index (κ2) is 14.3. The number of aryl methyl sites for hydroxylation is 1. The van der Waals surface area contributed by atoms with E-state index in [0.717, 1.165) is 45.9 Å². The highest BCUT2D eigenvalue weighted by Gasteiger charge is 2.14. The van der Waals surface area contributed by atoms with Gasteiger partial charge < -0.3 is 4.42 Å². The normalized spacial score (nSPS) is 12.3. The summed E-state index contributed by atoms with van der Waals surface area (Å²) in [6, 6.07) is 55.3. The van der Waals surface area contributed by atoms with Crippen LogP contribution in [0.15, 0.2) is 169 Å². The predicted octanol–water partition coefficient (Wildman–Crippen LogP) is 14.0. The van der Waals surface area contributed by atoms with Crippen LogP contribution >= 0.6 is 11.3 Å². The summed E-state index contributed by atoms with van der Waals surface area (Å²) in [5.41, 5.74) is 10.3. The lowest BCUT2D eigenvalue weighted by atomic mass is 9.93. The van der Waals surface area contributed by atoms with Gasteiger partial charge in [0.15, 0.2) is 0 Å². The maximum atomic E-state index is 6.53. The van der Waals surface area contributed by atoms with Crippen molar-refractivity contribution in [2.75, 3.05) is 0 Å². The molecule has 0 amide bonds. The van der Waals surface area contributed by atoms with E-state index in [1.165, 1.54) is 69.2 Å². The molecule has 9 rings (SSSR count). The van der Waals surface area contributed by atoms with E-state index < -0.39 is 0 Å². The van der Waals surface area contributed by atoms with E-state index >= 15 is 0 Å². The molecule has 0 unspecified atom stereocenters. The fourth-order valence-corrected chi connectivity index (χ4v) is 9.20. The molecule has 260 valence electrons. The number of allylic oxidation sites excluding steroid dienone is 1. The predicted molar refractivity (Wildman–Crippen MR) is 236 cm³/mol. The number of hydrogen-bond donors (Lipinski definition) is 0. The first kappa shape index (κ1) is 33.6. The van der Waals surface area contributed by atoms with Crippen molar-refractivity contribution in [3.63, 3.8) is 0 Å². The molecule has 2 aromatic heterocycles. The Balaban J connectivity index is 1.22. The van der Waals surface area contributed by atoms with Crippen LogP contribution in [-0.4, -0.2) is 0 Å². The molecule has 0 fully saturated rings. The lowest BCUT2D eigenvalue weighted by Crippen LogP contribution is -2.27. The molecule has 0 spiro atoms. The molecule has 9 aromatic rings. The number of thiophene rings is 1. The first-order valence-corrected chi connectivity index (χ1v) is 19.6. The molecule has 0 N–H and O–H groups in total. The van der Waals surface area contributed by atoms with Crippen molar-refractivity contribution >= 4 is 76.4 Å². The number of benzene rings is 6. The van der Waals surface area contributed by atoms with Crippen LogP contribution in [0.5, 0.6) is 0 Å². The lowest BCUT2D eigenvalue weighted by Gasteiger charge is -2.11. The molecular formula is C52H40OS. The van der Waals surface area contributed by atoms with Crippen LogP contribution in [0.1, 0.15) is 25.8 Å². The average Bonchev–Trinajstić information content (AvgIpc) is 3.76. The second-order valence-corrected chi connectivity index (χ2v) is 14.9. The Kier molecular flexibility index (Phi) is 8.90. The Bertz CT molecular complexity index is 3100. The van der Waals surface area contributed by atoms with Crippen LogP contribution in [0, 0.1) is 0 Å². The zero-order valence-corrected chi connectivity index (χ0v) is 31.4. The van der Waals surface area contributed by atoms with Gasteiger partial charge in [-0.2, -0.15) is 0 Å². The SMILES string of the molecule is C=CCCc1ccccc1-c1cccc(-c2ccccccc(-c3ccc4oc5cc6cc7c(cc6cc5c4c3)sc3ccccc37)c(=C/C)/c2=C\C)c1. The summed E-state index contributed by atoms with van der Waals surface area (Å²) < 4.78 is 9.17. The molecule has 2 heterocycles. The third kappa shape index (κ3) is 5.99. The summed E-state index contributed by atoms with van der Waals surface area (Å²) in [6.45, 7) is 8.25. The maximum Gasteiger partial charge on any atom is 0.136 e. The Morgan fingerprint density at radius 1 is 0.500 bits per heavy atom. The highest BCUT2D eigenvalue weighted by atomic mass is 32.1. The monoisotopic (exact) mass is 712 g/mol. The lowest BCUT2D eigenvalue weighted by molar-refractivity contribution is 0.669. The summed E-state index contributed by atoms with van der Waals surface area (Å²) in [4.78, 5) is 0. The molecule has 54 heavy (non-hydrogen) atoms. The van der Waals surface area contributed by atoms with Crippen LogP contribution in [0.4, 0.5) is 0 Å². The van der Waals surface area contributed by atoms with Crippen molar-refractivity contribution in [2.24, 2.45) is 0 Å². The van der Waals surface area contributed by atoms with E-state index in [1.807, 2.05) is 17.4 Å². The smallest absolute Gasteiger partial charge is 0.136 e. The van der Waals surface area contributed by atoms with Gasteiger partial charge in [0.1, 0.15) is 11.2 Å². The largest absolute Gasteiger partial charge is 0.456 e. The second-order valence-electron chi connectivity index (χ2n) is 13.9. The van der Waals surface area contributed by atoms with Crippen molar-refractivity contribution in [3.05, 3.63) is 180 Å². The molecule has 1 nitrogen and oxygen atoms in total. The number of rotatable bonds is 6. The standard InChI is InChI=1S/C52H40OS/c1-4-7-17-34-18-12-13-21-42(34)35-19-16-20-36(28-35)43-22-10-8-9-11-23-44(41(6-3)40(43)5-2)37-26-27-49-46(29-37)47-30-39-33-52-48(31-38(39)32-50(47)53-49)45-24-14-15-25-51(45)54-52/h4-6,8-16,18-33H,1,7,17H2,2-3H3/b10-8?,11-9?,40-5+,41-6+,43-22?,44-23?. The van der Waals surface area contributed by atoms with E-state index in [9.17, 15) is 0 Å². The van der Waals surface area contributed by atoms with Gasteiger partial charge in [0.05, 0.1) is 0 Å². The van der Waals surface area contributed by atoms with Gasteiger partial charge in [0, 0.05) is 30.9 Å².